The van der Waals surface area contributed by atoms with Crippen molar-refractivity contribution in [1.29, 1.82) is 0 Å². The van der Waals surface area contributed by atoms with Gasteiger partial charge in [-0.25, -0.2) is 0 Å². The molecule has 80 valence electrons. The van der Waals surface area contributed by atoms with Gasteiger partial charge in [-0.1, -0.05) is 18.5 Å². The molecule has 1 heterocycles. The van der Waals surface area contributed by atoms with Gasteiger partial charge in [-0.3, -0.25) is 4.79 Å². The van der Waals surface area contributed by atoms with E-state index in [2.05, 4.69) is 6.92 Å². The lowest BCUT2D eigenvalue weighted by Crippen LogP contribution is -2.23. The maximum absolute atomic E-state index is 12.1. The Morgan fingerprint density at radius 2 is 2.27 bits per heavy atom. The van der Waals surface area contributed by atoms with Gasteiger partial charge in [0.05, 0.1) is 5.25 Å². The number of fused-ring (bicyclic) bond motifs is 1. The molecule has 15 heavy (non-hydrogen) atoms. The predicted octanol–water partition coefficient (Wildman–Crippen LogP) is 3.86. The number of hydrogen-bond donors (Lipinski definition) is 0. The summed E-state index contributed by atoms with van der Waals surface area (Å²) >= 11 is 7.84. The van der Waals surface area contributed by atoms with Crippen molar-refractivity contribution >= 4 is 29.1 Å². The zero-order chi connectivity index (χ0) is 11.0. The SMILES string of the molecule is CCC1SCc2c(Cl)cc(C)cc2C1=O. The predicted molar refractivity (Wildman–Crippen MR) is 65.9 cm³/mol. The number of benzene rings is 1. The molecule has 1 atom stereocenters. The van der Waals surface area contributed by atoms with Crippen LogP contribution in [0.15, 0.2) is 12.1 Å². The van der Waals surface area contributed by atoms with E-state index >= 15 is 0 Å². The summed E-state index contributed by atoms with van der Waals surface area (Å²) in [6.07, 6.45) is 0.897. The van der Waals surface area contributed by atoms with E-state index in [1.54, 1.807) is 11.8 Å². The van der Waals surface area contributed by atoms with E-state index in [0.717, 1.165) is 33.9 Å². The molecular weight excluding hydrogens is 228 g/mol. The fourth-order valence-corrected chi connectivity index (χ4v) is 3.49. The summed E-state index contributed by atoms with van der Waals surface area (Å²) in [6.45, 7) is 4.03. The quantitative estimate of drug-likeness (QED) is 0.742. The van der Waals surface area contributed by atoms with E-state index in [0.29, 0.717) is 0 Å². The van der Waals surface area contributed by atoms with Gasteiger partial charge in [0.2, 0.25) is 0 Å². The molecule has 1 aromatic rings. The minimum atomic E-state index is 0.121. The summed E-state index contributed by atoms with van der Waals surface area (Å²) in [4.78, 5) is 12.1. The highest BCUT2D eigenvalue weighted by molar-refractivity contribution is 8.00. The van der Waals surface area contributed by atoms with Crippen molar-refractivity contribution in [3.05, 3.63) is 33.8 Å². The molecule has 3 heteroatoms. The van der Waals surface area contributed by atoms with E-state index in [4.69, 9.17) is 11.6 Å². The molecule has 0 spiro atoms. The standard InChI is InChI=1S/C12H13ClOS/c1-3-11-12(14)8-4-7(2)5-10(13)9(8)6-15-11/h4-5,11H,3,6H2,1-2H3. The van der Waals surface area contributed by atoms with Crippen LogP contribution in [0, 0.1) is 6.92 Å². The Balaban J connectivity index is 2.51. The molecule has 1 aromatic carbocycles. The van der Waals surface area contributed by atoms with Gasteiger partial charge in [0, 0.05) is 16.3 Å². The second-order valence-electron chi connectivity index (χ2n) is 3.85. The minimum absolute atomic E-state index is 0.121. The molecule has 0 amide bonds. The van der Waals surface area contributed by atoms with Gasteiger partial charge < -0.3 is 0 Å². The van der Waals surface area contributed by atoms with Crippen LogP contribution in [0.1, 0.15) is 34.8 Å². The molecule has 0 aromatic heterocycles. The summed E-state index contributed by atoms with van der Waals surface area (Å²) in [7, 11) is 0. The maximum Gasteiger partial charge on any atom is 0.176 e. The van der Waals surface area contributed by atoms with Crippen molar-refractivity contribution in [3.63, 3.8) is 0 Å². The second-order valence-corrected chi connectivity index (χ2v) is 5.44. The average Bonchev–Trinajstić information content (AvgIpc) is 2.19. The van der Waals surface area contributed by atoms with Crippen molar-refractivity contribution in [2.45, 2.75) is 31.3 Å². The highest BCUT2D eigenvalue weighted by atomic mass is 35.5. The minimum Gasteiger partial charge on any atom is -0.293 e. The molecule has 0 radical (unpaired) electrons. The third-order valence-corrected chi connectivity index (χ3v) is 4.44. The van der Waals surface area contributed by atoms with Gasteiger partial charge >= 0.3 is 0 Å². The van der Waals surface area contributed by atoms with Gasteiger partial charge in [-0.05, 0) is 36.6 Å². The zero-order valence-electron chi connectivity index (χ0n) is 8.84. The van der Waals surface area contributed by atoms with Crippen LogP contribution >= 0.6 is 23.4 Å². The lowest BCUT2D eigenvalue weighted by molar-refractivity contribution is 0.0985. The first-order valence-electron chi connectivity index (χ1n) is 5.08. The fraction of sp³-hybridized carbons (Fsp3) is 0.417. The van der Waals surface area contributed by atoms with Crippen LogP contribution in [0.3, 0.4) is 0 Å². The van der Waals surface area contributed by atoms with Crippen LogP contribution in [-0.4, -0.2) is 11.0 Å². The van der Waals surface area contributed by atoms with Crippen molar-refractivity contribution in [2.24, 2.45) is 0 Å². The Bertz CT molecular complexity index is 414. The Labute approximate surface area is 99.2 Å². The van der Waals surface area contributed by atoms with Crippen molar-refractivity contribution < 1.29 is 4.79 Å². The summed E-state index contributed by atoms with van der Waals surface area (Å²) in [5.74, 6) is 1.10. The third kappa shape index (κ3) is 1.93. The van der Waals surface area contributed by atoms with Crippen LogP contribution in [0.2, 0.25) is 5.02 Å². The second kappa shape index (κ2) is 4.18. The Kier molecular flexibility index (Phi) is 3.08. The third-order valence-electron chi connectivity index (χ3n) is 2.70. The van der Waals surface area contributed by atoms with Gasteiger partial charge in [0.15, 0.2) is 5.78 Å². The lowest BCUT2D eigenvalue weighted by atomic mass is 9.98. The number of hydrogen-bond acceptors (Lipinski definition) is 2. The van der Waals surface area contributed by atoms with Crippen LogP contribution in [0.5, 0.6) is 0 Å². The number of carbonyl (C=O) groups excluding carboxylic acids is 1. The molecule has 1 nitrogen and oxygen atoms in total. The number of aryl methyl sites for hydroxylation is 1. The van der Waals surface area contributed by atoms with Crippen LogP contribution < -0.4 is 0 Å². The highest BCUT2D eigenvalue weighted by Crippen LogP contribution is 2.36. The van der Waals surface area contributed by atoms with Crippen molar-refractivity contribution in [1.82, 2.24) is 0 Å². The smallest absolute Gasteiger partial charge is 0.176 e. The molecule has 0 N–H and O–H groups in total. The molecule has 0 saturated carbocycles. The first-order chi connectivity index (χ1) is 7.13. The number of ketones is 1. The van der Waals surface area contributed by atoms with Gasteiger partial charge in [0.25, 0.3) is 0 Å². The van der Waals surface area contributed by atoms with E-state index in [-0.39, 0.29) is 11.0 Å². The van der Waals surface area contributed by atoms with Gasteiger partial charge in [-0.2, -0.15) is 0 Å². The molecular formula is C12H13ClOS. The first kappa shape index (κ1) is 11.0. The van der Waals surface area contributed by atoms with E-state index in [1.165, 1.54) is 0 Å². The number of halogens is 1. The fourth-order valence-electron chi connectivity index (χ4n) is 1.87. The van der Waals surface area contributed by atoms with Gasteiger partial charge in [0.1, 0.15) is 0 Å². The number of rotatable bonds is 1. The molecule has 1 unspecified atom stereocenters. The summed E-state index contributed by atoms with van der Waals surface area (Å²) in [5, 5.41) is 0.857. The monoisotopic (exact) mass is 240 g/mol. The van der Waals surface area contributed by atoms with Crippen molar-refractivity contribution in [3.8, 4) is 0 Å². The van der Waals surface area contributed by atoms with Crippen LogP contribution in [-0.2, 0) is 5.75 Å². The van der Waals surface area contributed by atoms with E-state index < -0.39 is 0 Å². The first-order valence-corrected chi connectivity index (χ1v) is 6.51. The van der Waals surface area contributed by atoms with Crippen molar-refractivity contribution in [2.75, 3.05) is 0 Å². The highest BCUT2D eigenvalue weighted by Gasteiger charge is 2.27. The largest absolute Gasteiger partial charge is 0.293 e. The Hall–Kier alpha value is -0.470. The van der Waals surface area contributed by atoms with Gasteiger partial charge in [-0.15, -0.1) is 11.8 Å². The molecule has 0 aliphatic carbocycles. The average molecular weight is 241 g/mol. The maximum atomic E-state index is 12.1. The van der Waals surface area contributed by atoms with E-state index in [1.807, 2.05) is 19.1 Å². The summed E-state index contributed by atoms with van der Waals surface area (Å²) in [5.41, 5.74) is 2.92. The summed E-state index contributed by atoms with van der Waals surface area (Å²) < 4.78 is 0. The molecule has 2 rings (SSSR count). The van der Waals surface area contributed by atoms with Crippen LogP contribution in [0.4, 0.5) is 0 Å². The topological polar surface area (TPSA) is 17.1 Å². The molecule has 0 fully saturated rings. The number of Topliss-reactive ketones (excluding diaryl/α,β-unsaturated/α-hetero) is 1. The number of thioether (sulfide) groups is 1. The molecule has 1 aliphatic heterocycles. The molecule has 0 saturated heterocycles. The van der Waals surface area contributed by atoms with E-state index in [9.17, 15) is 4.79 Å². The lowest BCUT2D eigenvalue weighted by Gasteiger charge is -2.23. The summed E-state index contributed by atoms with van der Waals surface area (Å²) in [6, 6.07) is 3.90. The molecule has 1 aliphatic rings. The zero-order valence-corrected chi connectivity index (χ0v) is 10.4. The Morgan fingerprint density at radius 1 is 1.53 bits per heavy atom. The van der Waals surface area contributed by atoms with Crippen LogP contribution in [0.25, 0.3) is 0 Å². The molecule has 0 bridgehead atoms. The Morgan fingerprint density at radius 3 is 2.93 bits per heavy atom. The number of carbonyl (C=O) groups is 1. The normalized spacial score (nSPS) is 20.2.